The molecule has 0 saturated heterocycles. The van der Waals surface area contributed by atoms with E-state index in [9.17, 15) is 0 Å². The summed E-state index contributed by atoms with van der Waals surface area (Å²) in [6, 6.07) is 9.52. The number of aromatic nitrogens is 1. The predicted octanol–water partition coefficient (Wildman–Crippen LogP) is 4.14. The number of nitrogens with zero attached hydrogens (tertiary/aromatic N) is 1. The summed E-state index contributed by atoms with van der Waals surface area (Å²) in [4.78, 5) is 0. The van der Waals surface area contributed by atoms with Gasteiger partial charge in [0.15, 0.2) is 0 Å². The summed E-state index contributed by atoms with van der Waals surface area (Å²) in [5, 5.41) is 1.37. The van der Waals surface area contributed by atoms with Gasteiger partial charge in [0, 0.05) is 12.2 Å². The van der Waals surface area contributed by atoms with Crippen molar-refractivity contribution in [3.63, 3.8) is 0 Å². The van der Waals surface area contributed by atoms with E-state index in [1.54, 1.807) is 0 Å². The van der Waals surface area contributed by atoms with Crippen molar-refractivity contribution in [2.24, 2.45) is 17.6 Å². The molecule has 0 amide bonds. The van der Waals surface area contributed by atoms with Crippen molar-refractivity contribution in [1.29, 1.82) is 0 Å². The third-order valence-corrected chi connectivity index (χ3v) is 5.08. The second-order valence-electron chi connectivity index (χ2n) is 6.41. The Kier molecular flexibility index (Phi) is 3.84. The summed E-state index contributed by atoms with van der Waals surface area (Å²) in [7, 11) is 0. The van der Waals surface area contributed by atoms with Crippen molar-refractivity contribution in [3.05, 3.63) is 36.0 Å². The molecule has 0 bridgehead atoms. The highest BCUT2D eigenvalue weighted by Crippen LogP contribution is 2.39. The van der Waals surface area contributed by atoms with Gasteiger partial charge in [-0.05, 0) is 54.7 Å². The van der Waals surface area contributed by atoms with Crippen LogP contribution in [-0.4, -0.2) is 11.1 Å². The Hall–Kier alpha value is -1.28. The van der Waals surface area contributed by atoms with E-state index in [2.05, 4.69) is 48.9 Å². The van der Waals surface area contributed by atoms with Crippen LogP contribution in [0.15, 0.2) is 30.5 Å². The molecule has 1 aliphatic rings. The van der Waals surface area contributed by atoms with Crippen LogP contribution >= 0.6 is 0 Å². The Morgan fingerprint density at radius 2 is 2.10 bits per heavy atom. The zero-order valence-electron chi connectivity index (χ0n) is 12.7. The van der Waals surface area contributed by atoms with Crippen LogP contribution in [0.4, 0.5) is 0 Å². The average molecular weight is 270 g/mol. The third-order valence-electron chi connectivity index (χ3n) is 5.08. The van der Waals surface area contributed by atoms with E-state index in [-0.39, 0.29) is 0 Å². The van der Waals surface area contributed by atoms with Crippen LogP contribution in [0.25, 0.3) is 10.9 Å². The summed E-state index contributed by atoms with van der Waals surface area (Å²) in [5.41, 5.74) is 8.94. The number of para-hydroxylation sites is 1. The van der Waals surface area contributed by atoms with Crippen molar-refractivity contribution in [1.82, 2.24) is 4.57 Å². The minimum Gasteiger partial charge on any atom is -0.344 e. The summed E-state index contributed by atoms with van der Waals surface area (Å²) >= 11 is 0. The van der Waals surface area contributed by atoms with Crippen LogP contribution in [0.5, 0.6) is 0 Å². The molecule has 1 heterocycles. The Bertz CT molecular complexity index is 584. The second kappa shape index (κ2) is 5.61. The molecular weight excluding hydrogens is 244 g/mol. The summed E-state index contributed by atoms with van der Waals surface area (Å²) in [6.45, 7) is 5.44. The minimum absolute atomic E-state index is 0.578. The molecule has 2 nitrogen and oxygen atoms in total. The molecule has 2 heteroatoms. The van der Waals surface area contributed by atoms with Crippen LogP contribution in [0.1, 0.15) is 44.7 Å². The molecule has 1 aromatic carbocycles. The largest absolute Gasteiger partial charge is 0.344 e. The standard InChI is InChI=1S/C18H26N2/c1-3-14-5-4-6-15-9-10-20(18(14)15)17-11-13(2)7-8-16(17)12-19/h4-6,9-10,13,16-17H,3,7-8,11-12,19H2,1-2H3. The molecule has 1 aliphatic carbocycles. The zero-order valence-corrected chi connectivity index (χ0v) is 12.7. The summed E-state index contributed by atoms with van der Waals surface area (Å²) in [5.74, 6) is 1.45. The maximum Gasteiger partial charge on any atom is 0.0515 e. The van der Waals surface area contributed by atoms with Crippen molar-refractivity contribution in [2.75, 3.05) is 6.54 Å². The summed E-state index contributed by atoms with van der Waals surface area (Å²) < 4.78 is 2.53. The molecule has 1 fully saturated rings. The lowest BCUT2D eigenvalue weighted by molar-refractivity contribution is 0.201. The highest BCUT2D eigenvalue weighted by Gasteiger charge is 2.29. The minimum atomic E-state index is 0.578. The smallest absolute Gasteiger partial charge is 0.0515 e. The topological polar surface area (TPSA) is 30.9 Å². The number of rotatable bonds is 3. The van der Waals surface area contributed by atoms with E-state index in [0.717, 1.165) is 18.9 Å². The number of benzene rings is 1. The molecule has 3 unspecified atom stereocenters. The van der Waals surface area contributed by atoms with Crippen molar-refractivity contribution >= 4 is 10.9 Å². The number of nitrogens with two attached hydrogens (primary N) is 1. The highest BCUT2D eigenvalue weighted by molar-refractivity contribution is 5.83. The fourth-order valence-corrected chi connectivity index (χ4v) is 3.89. The monoisotopic (exact) mass is 270 g/mol. The number of hydrogen-bond donors (Lipinski definition) is 1. The van der Waals surface area contributed by atoms with Crippen molar-refractivity contribution in [3.8, 4) is 0 Å². The van der Waals surface area contributed by atoms with Gasteiger partial charge in [0.05, 0.1) is 5.52 Å². The summed E-state index contributed by atoms with van der Waals surface area (Å²) in [6.07, 6.45) is 7.25. The molecule has 1 aromatic heterocycles. The molecule has 2 aromatic rings. The van der Waals surface area contributed by atoms with E-state index < -0.39 is 0 Å². The van der Waals surface area contributed by atoms with Gasteiger partial charge in [0.1, 0.15) is 0 Å². The second-order valence-corrected chi connectivity index (χ2v) is 6.41. The average Bonchev–Trinajstić information content (AvgIpc) is 2.91. The first-order chi connectivity index (χ1) is 9.74. The van der Waals surface area contributed by atoms with E-state index in [1.807, 2.05) is 0 Å². The predicted molar refractivity (Wildman–Crippen MR) is 85.9 cm³/mol. The number of aryl methyl sites for hydroxylation is 1. The van der Waals surface area contributed by atoms with Crippen LogP contribution in [0.2, 0.25) is 0 Å². The fraction of sp³-hybridized carbons (Fsp3) is 0.556. The van der Waals surface area contributed by atoms with E-state index in [1.165, 1.54) is 35.7 Å². The molecular formula is C18H26N2. The first kappa shape index (κ1) is 13.7. The van der Waals surface area contributed by atoms with Gasteiger partial charge in [0.25, 0.3) is 0 Å². The SMILES string of the molecule is CCc1cccc2ccn(C3CC(C)CCC3CN)c12. The molecule has 20 heavy (non-hydrogen) atoms. The van der Waals surface area contributed by atoms with Gasteiger partial charge in [0.2, 0.25) is 0 Å². The van der Waals surface area contributed by atoms with Gasteiger partial charge >= 0.3 is 0 Å². The Labute approximate surface area is 122 Å². The van der Waals surface area contributed by atoms with Gasteiger partial charge < -0.3 is 10.3 Å². The fourth-order valence-electron chi connectivity index (χ4n) is 3.89. The molecule has 0 spiro atoms. The van der Waals surface area contributed by atoms with Gasteiger partial charge in [-0.2, -0.15) is 0 Å². The van der Waals surface area contributed by atoms with Crippen LogP contribution < -0.4 is 5.73 Å². The Balaban J connectivity index is 2.08. The third kappa shape index (κ3) is 2.26. The quantitative estimate of drug-likeness (QED) is 0.893. The van der Waals surface area contributed by atoms with Gasteiger partial charge in [-0.25, -0.2) is 0 Å². The van der Waals surface area contributed by atoms with Gasteiger partial charge in [-0.1, -0.05) is 38.5 Å². The normalized spacial score (nSPS) is 27.1. The molecule has 2 N–H and O–H groups in total. The maximum absolute atomic E-state index is 6.05. The lowest BCUT2D eigenvalue weighted by Crippen LogP contribution is -2.31. The number of fused-ring (bicyclic) bond motifs is 1. The highest BCUT2D eigenvalue weighted by atomic mass is 15.0. The molecule has 3 rings (SSSR count). The van der Waals surface area contributed by atoms with Gasteiger partial charge in [-0.15, -0.1) is 0 Å². The molecule has 108 valence electrons. The van der Waals surface area contributed by atoms with Crippen LogP contribution in [0.3, 0.4) is 0 Å². The van der Waals surface area contributed by atoms with Crippen molar-refractivity contribution < 1.29 is 0 Å². The molecule has 0 aliphatic heterocycles. The number of hydrogen-bond acceptors (Lipinski definition) is 1. The molecule has 3 atom stereocenters. The van der Waals surface area contributed by atoms with E-state index in [0.29, 0.717) is 12.0 Å². The molecule has 0 radical (unpaired) electrons. The lowest BCUT2D eigenvalue weighted by atomic mass is 9.79. The Morgan fingerprint density at radius 1 is 1.25 bits per heavy atom. The lowest BCUT2D eigenvalue weighted by Gasteiger charge is -2.36. The van der Waals surface area contributed by atoms with E-state index >= 15 is 0 Å². The van der Waals surface area contributed by atoms with Crippen LogP contribution in [-0.2, 0) is 6.42 Å². The first-order valence-electron chi connectivity index (χ1n) is 8.03. The van der Waals surface area contributed by atoms with Crippen LogP contribution in [0, 0.1) is 11.8 Å². The Morgan fingerprint density at radius 3 is 2.85 bits per heavy atom. The zero-order chi connectivity index (χ0) is 14.1. The molecule has 1 saturated carbocycles. The van der Waals surface area contributed by atoms with E-state index in [4.69, 9.17) is 5.73 Å². The van der Waals surface area contributed by atoms with Crippen molar-refractivity contribution in [2.45, 2.75) is 45.6 Å². The maximum atomic E-state index is 6.05. The first-order valence-corrected chi connectivity index (χ1v) is 8.03. The van der Waals surface area contributed by atoms with Gasteiger partial charge in [-0.3, -0.25) is 0 Å².